The maximum Gasteiger partial charge on any atom is -0.00413 e. The fraction of sp³-hybridized carbons (Fsp3) is 0.824. The molecule has 0 spiro atoms. The van der Waals surface area contributed by atoms with Crippen LogP contribution in [0.4, 0.5) is 0 Å². The molecule has 1 heteroatoms. The minimum atomic E-state index is -0.0725. The molecule has 192 valence electrons. The molecule has 35 heavy (non-hydrogen) atoms. The summed E-state index contributed by atoms with van der Waals surface area (Å²) in [5.74, 6) is 6.51. The Morgan fingerprint density at radius 3 is 1.49 bits per heavy atom. The third-order valence-electron chi connectivity index (χ3n) is 12.0. The summed E-state index contributed by atoms with van der Waals surface area (Å²) >= 11 is 0. The molecular formula is C34H51P. The maximum atomic E-state index is 2.74. The monoisotopic (exact) mass is 490 g/mol. The van der Waals surface area contributed by atoms with E-state index in [1.54, 1.807) is 82.6 Å². The van der Waals surface area contributed by atoms with Gasteiger partial charge in [0.15, 0.2) is 0 Å². The zero-order chi connectivity index (χ0) is 23.6. The number of hydrogen-bond acceptors (Lipinski definition) is 0. The molecule has 0 aliphatic heterocycles. The Morgan fingerprint density at radius 2 is 1.06 bits per heavy atom. The molecule has 8 saturated carbocycles. The lowest BCUT2D eigenvalue weighted by Gasteiger charge is -2.67. The third kappa shape index (κ3) is 4.01. The summed E-state index contributed by atoms with van der Waals surface area (Å²) in [5.41, 5.74) is 3.65. The molecule has 1 aromatic rings. The lowest BCUT2D eigenvalue weighted by molar-refractivity contribution is 0.0195. The predicted molar refractivity (Wildman–Crippen MR) is 152 cm³/mol. The Morgan fingerprint density at radius 1 is 0.629 bits per heavy atom. The van der Waals surface area contributed by atoms with Gasteiger partial charge in [0, 0.05) is 0 Å². The molecule has 0 radical (unpaired) electrons. The first-order valence-electron chi connectivity index (χ1n) is 16.0. The summed E-state index contributed by atoms with van der Waals surface area (Å²) in [6, 6.07) is 7.83. The fourth-order valence-electron chi connectivity index (χ4n) is 11.8. The highest BCUT2D eigenvalue weighted by Gasteiger charge is 2.63. The quantitative estimate of drug-likeness (QED) is 0.302. The lowest BCUT2D eigenvalue weighted by atomic mass is 9.55. The first kappa shape index (κ1) is 23.7. The average Bonchev–Trinajstić information content (AvgIpc) is 2.80. The van der Waals surface area contributed by atoms with E-state index in [4.69, 9.17) is 0 Å². The van der Waals surface area contributed by atoms with Crippen LogP contribution in [-0.2, 0) is 12.8 Å². The molecule has 0 nitrogen and oxygen atoms in total. The highest BCUT2D eigenvalue weighted by atomic mass is 31.1. The molecule has 0 N–H and O–H groups in total. The largest absolute Gasteiger partial charge is 0.0654 e. The van der Waals surface area contributed by atoms with Crippen LogP contribution in [0, 0.1) is 35.5 Å². The van der Waals surface area contributed by atoms with Gasteiger partial charge in [-0.1, -0.05) is 52.8 Å². The van der Waals surface area contributed by atoms with Gasteiger partial charge in [0.1, 0.15) is 0 Å². The number of benzene rings is 1. The van der Waals surface area contributed by atoms with Crippen molar-refractivity contribution in [3.05, 3.63) is 29.3 Å². The Bertz CT molecular complexity index is 812. The highest BCUT2D eigenvalue weighted by molar-refractivity contribution is 7.68. The normalized spacial score (nSPS) is 43.7. The van der Waals surface area contributed by atoms with E-state index in [1.807, 2.05) is 10.9 Å². The van der Waals surface area contributed by atoms with E-state index in [0.717, 1.165) is 35.5 Å². The van der Waals surface area contributed by atoms with Crippen molar-refractivity contribution < 1.29 is 0 Å². The van der Waals surface area contributed by atoms with E-state index < -0.39 is 0 Å². The van der Waals surface area contributed by atoms with Crippen molar-refractivity contribution in [1.29, 1.82) is 0 Å². The molecule has 1 aromatic carbocycles. The number of aryl methyl sites for hydroxylation is 1. The van der Waals surface area contributed by atoms with Gasteiger partial charge in [-0.25, -0.2) is 0 Å². The molecular weight excluding hydrogens is 439 g/mol. The van der Waals surface area contributed by atoms with Crippen molar-refractivity contribution in [2.45, 2.75) is 140 Å². The van der Waals surface area contributed by atoms with E-state index >= 15 is 0 Å². The zero-order valence-electron chi connectivity index (χ0n) is 22.9. The van der Waals surface area contributed by atoms with Crippen LogP contribution in [0.3, 0.4) is 0 Å². The van der Waals surface area contributed by atoms with E-state index in [-0.39, 0.29) is 7.92 Å². The van der Waals surface area contributed by atoms with Crippen molar-refractivity contribution in [2.75, 3.05) is 0 Å². The van der Waals surface area contributed by atoms with Crippen molar-refractivity contribution >= 4 is 13.2 Å². The smallest absolute Gasteiger partial charge is 0.00413 e. The summed E-state index contributed by atoms with van der Waals surface area (Å²) in [6.45, 7) is 4.79. The topological polar surface area (TPSA) is 0 Å². The van der Waals surface area contributed by atoms with Crippen LogP contribution in [0.2, 0.25) is 0 Å². The molecule has 0 atom stereocenters. The minimum absolute atomic E-state index is 0.0725. The van der Waals surface area contributed by atoms with Crippen LogP contribution in [0.5, 0.6) is 0 Å². The van der Waals surface area contributed by atoms with Crippen molar-refractivity contribution in [2.24, 2.45) is 35.5 Å². The van der Waals surface area contributed by atoms with Gasteiger partial charge >= 0.3 is 0 Å². The molecule has 8 bridgehead atoms. The third-order valence-corrected chi connectivity index (χ3v) is 15.9. The van der Waals surface area contributed by atoms with Gasteiger partial charge in [-0.2, -0.15) is 0 Å². The average molecular weight is 491 g/mol. The second-order valence-corrected chi connectivity index (χ2v) is 17.8. The second-order valence-electron chi connectivity index (χ2n) is 14.7. The molecule has 0 heterocycles. The fourth-order valence-corrected chi connectivity index (χ4v) is 17.2. The second kappa shape index (κ2) is 9.14. The molecule has 8 aliphatic rings. The van der Waals surface area contributed by atoms with Crippen molar-refractivity contribution in [3.63, 3.8) is 0 Å². The van der Waals surface area contributed by atoms with Crippen LogP contribution in [0.15, 0.2) is 18.2 Å². The molecule has 8 aliphatic carbocycles. The van der Waals surface area contributed by atoms with Crippen molar-refractivity contribution in [1.82, 2.24) is 0 Å². The molecule has 0 amide bonds. The maximum absolute atomic E-state index is 2.74. The van der Waals surface area contributed by atoms with Gasteiger partial charge in [-0.3, -0.25) is 0 Å². The van der Waals surface area contributed by atoms with Crippen LogP contribution >= 0.6 is 7.92 Å². The van der Waals surface area contributed by atoms with E-state index in [2.05, 4.69) is 32.0 Å². The van der Waals surface area contributed by atoms with Crippen LogP contribution < -0.4 is 5.30 Å². The van der Waals surface area contributed by atoms with Crippen LogP contribution in [-0.4, -0.2) is 10.3 Å². The van der Waals surface area contributed by atoms with Gasteiger partial charge in [-0.05, 0) is 165 Å². The summed E-state index contributed by atoms with van der Waals surface area (Å²) in [6.07, 6.45) is 27.5. The molecule has 0 saturated heterocycles. The van der Waals surface area contributed by atoms with E-state index in [1.165, 1.54) is 38.5 Å². The number of hydrogen-bond donors (Lipinski definition) is 0. The Kier molecular flexibility index (Phi) is 6.20. The first-order chi connectivity index (χ1) is 17.1. The number of unbranched alkanes of at least 4 members (excludes halogenated alkanes) is 2. The summed E-state index contributed by atoms with van der Waals surface area (Å²) < 4.78 is 0. The first-order valence-corrected chi connectivity index (χ1v) is 17.3. The Hall–Kier alpha value is -0.350. The predicted octanol–water partition coefficient (Wildman–Crippen LogP) is 9.42. The van der Waals surface area contributed by atoms with Gasteiger partial charge in [0.25, 0.3) is 0 Å². The van der Waals surface area contributed by atoms with E-state index in [0.29, 0.717) is 10.3 Å². The SMILES string of the molecule is CCCCc1cccc(P(C23CC4CC(CC(C4)C2)C3)C23CC4CC(CC(C4)C2)C3)c1CCCC. The van der Waals surface area contributed by atoms with Gasteiger partial charge in [-0.15, -0.1) is 0 Å². The highest BCUT2D eigenvalue weighted by Crippen LogP contribution is 2.78. The molecule has 9 rings (SSSR count). The summed E-state index contributed by atoms with van der Waals surface area (Å²) in [5, 5.41) is 3.39. The number of rotatable bonds is 9. The Balaban J connectivity index is 1.37. The van der Waals surface area contributed by atoms with Gasteiger partial charge in [0.2, 0.25) is 0 Å². The van der Waals surface area contributed by atoms with Crippen molar-refractivity contribution in [3.8, 4) is 0 Å². The van der Waals surface area contributed by atoms with Crippen LogP contribution in [0.25, 0.3) is 0 Å². The molecule has 0 unspecified atom stereocenters. The standard InChI is InChI=1S/C34H51P/c1-3-5-8-30-9-7-11-32(31(30)10-6-4-2)35(33-18-24-12-25(19-33)14-26(13-24)20-33)34-21-27-15-28(22-34)17-29(16-27)23-34/h7,9,11,24-29H,3-6,8,10,12-23H2,1-2H3. The Labute approximate surface area is 217 Å². The summed E-state index contributed by atoms with van der Waals surface area (Å²) in [4.78, 5) is 0. The lowest BCUT2D eigenvalue weighted by Crippen LogP contribution is -2.58. The van der Waals surface area contributed by atoms with Crippen LogP contribution in [0.1, 0.15) is 128 Å². The minimum Gasteiger partial charge on any atom is -0.0654 e. The van der Waals surface area contributed by atoms with Gasteiger partial charge < -0.3 is 0 Å². The zero-order valence-corrected chi connectivity index (χ0v) is 23.8. The summed E-state index contributed by atoms with van der Waals surface area (Å²) in [7, 11) is -0.0725. The van der Waals surface area contributed by atoms with Gasteiger partial charge in [0.05, 0.1) is 0 Å². The van der Waals surface area contributed by atoms with E-state index in [9.17, 15) is 0 Å². The molecule has 8 fully saturated rings. The molecule has 0 aromatic heterocycles.